The van der Waals surface area contributed by atoms with Crippen LogP contribution in [0.4, 0.5) is 5.69 Å². The summed E-state index contributed by atoms with van der Waals surface area (Å²) in [7, 11) is 2.71. The Balaban J connectivity index is 1.50. The number of benzene rings is 4. The van der Waals surface area contributed by atoms with Crippen LogP contribution in [0.25, 0.3) is 0 Å². The number of hydrazine groups is 1. The number of anilines is 1. The molecule has 4 N–H and O–H groups in total. The average Bonchev–Trinajstić information content (AvgIpc) is 3.12. The van der Waals surface area contributed by atoms with Crippen molar-refractivity contribution >= 4 is 41.3 Å². The number of esters is 2. The summed E-state index contributed by atoms with van der Waals surface area (Å²) in [4.78, 5) is 76.7. The molecule has 4 rings (SSSR count). The van der Waals surface area contributed by atoms with Crippen molar-refractivity contribution < 1.29 is 52.8 Å². The second-order valence-corrected chi connectivity index (χ2v) is 9.79. The normalized spacial score (nSPS) is 11.5. The van der Waals surface area contributed by atoms with E-state index in [0.717, 1.165) is 0 Å². The van der Waals surface area contributed by atoms with Crippen LogP contribution in [0.5, 0.6) is 11.5 Å². The molecule has 246 valence electrons. The van der Waals surface area contributed by atoms with Crippen LogP contribution < -0.4 is 25.6 Å². The molecule has 0 aliphatic rings. The van der Waals surface area contributed by atoms with E-state index in [-0.39, 0.29) is 34.1 Å². The number of carbonyl (C=O) groups excluding carboxylic acids is 5. The Morgan fingerprint density at radius 2 is 1.06 bits per heavy atom. The first-order chi connectivity index (χ1) is 23.1. The van der Waals surface area contributed by atoms with E-state index in [9.17, 15) is 33.9 Å². The van der Waals surface area contributed by atoms with Gasteiger partial charge in [-0.05, 0) is 72.8 Å². The van der Waals surface area contributed by atoms with Gasteiger partial charge in [-0.25, -0.2) is 14.4 Å². The van der Waals surface area contributed by atoms with Gasteiger partial charge in [-0.1, -0.05) is 30.3 Å². The quantitative estimate of drug-likeness (QED) is 0.129. The molecule has 0 fully saturated rings. The van der Waals surface area contributed by atoms with Crippen molar-refractivity contribution in [2.75, 3.05) is 19.5 Å². The number of hydrogen-bond donors (Lipinski definition) is 4. The molecule has 14 heteroatoms. The van der Waals surface area contributed by atoms with Gasteiger partial charge in [0.1, 0.15) is 11.5 Å². The highest BCUT2D eigenvalue weighted by Crippen LogP contribution is 2.19. The molecule has 0 saturated carbocycles. The molecule has 0 aliphatic heterocycles. The Labute approximate surface area is 273 Å². The van der Waals surface area contributed by atoms with E-state index in [0.29, 0.717) is 11.3 Å². The summed E-state index contributed by atoms with van der Waals surface area (Å²) in [6.07, 6.45) is -4.64. The number of ether oxygens (including phenoxy) is 4. The summed E-state index contributed by atoms with van der Waals surface area (Å²) >= 11 is 0. The predicted octanol–water partition coefficient (Wildman–Crippen LogP) is 3.25. The van der Waals surface area contributed by atoms with Gasteiger partial charge in [-0.2, -0.15) is 0 Å². The first kappa shape index (κ1) is 34.2. The van der Waals surface area contributed by atoms with Gasteiger partial charge in [-0.15, -0.1) is 0 Å². The number of carbonyl (C=O) groups is 6. The van der Waals surface area contributed by atoms with Gasteiger partial charge in [0, 0.05) is 16.8 Å². The summed E-state index contributed by atoms with van der Waals surface area (Å²) < 4.78 is 20.5. The fourth-order valence-corrected chi connectivity index (χ4v) is 4.12. The van der Waals surface area contributed by atoms with Gasteiger partial charge in [-0.3, -0.25) is 25.2 Å². The minimum atomic E-state index is -2.36. The first-order valence-electron chi connectivity index (χ1n) is 14.1. The standard InChI is InChI=1S/C34H29N3O11/c1-45-25-12-6-10-22(18-25)33(43)47-27(28(32(41)42)48-34(44)23-11-7-13-26(19-23)46-2)31(40)37-36-30(39)21-14-16-24(17-15-21)35-29(38)20-8-4-3-5-9-20/h3-19,27-28H,1-2H3,(H,35,38)(H,36,39)(H,37,40)(H,41,42)/t27-,28-/m0/s1. The number of amides is 3. The molecular formula is C34H29N3O11. The maximum absolute atomic E-state index is 13.3. The zero-order chi connectivity index (χ0) is 34.6. The van der Waals surface area contributed by atoms with Crippen LogP contribution in [0.15, 0.2) is 103 Å². The van der Waals surface area contributed by atoms with Crippen LogP contribution in [0.3, 0.4) is 0 Å². The summed E-state index contributed by atoms with van der Waals surface area (Å²) in [5.74, 6) is -6.16. The smallest absolute Gasteiger partial charge is 0.349 e. The molecule has 0 radical (unpaired) electrons. The number of aliphatic carboxylic acids is 1. The van der Waals surface area contributed by atoms with E-state index in [1.165, 1.54) is 87.0 Å². The van der Waals surface area contributed by atoms with Crippen molar-refractivity contribution in [2.24, 2.45) is 0 Å². The van der Waals surface area contributed by atoms with E-state index in [1.807, 2.05) is 5.43 Å². The van der Waals surface area contributed by atoms with E-state index < -0.39 is 41.9 Å². The topological polar surface area (TPSA) is 196 Å². The molecule has 0 spiro atoms. The largest absolute Gasteiger partial charge is 0.497 e. The molecule has 4 aromatic carbocycles. The van der Waals surface area contributed by atoms with Crippen LogP contribution in [0.1, 0.15) is 41.4 Å². The highest BCUT2D eigenvalue weighted by molar-refractivity contribution is 6.04. The lowest BCUT2D eigenvalue weighted by Crippen LogP contribution is -2.54. The van der Waals surface area contributed by atoms with Crippen molar-refractivity contribution in [1.82, 2.24) is 10.9 Å². The molecular weight excluding hydrogens is 626 g/mol. The lowest BCUT2D eigenvalue weighted by molar-refractivity contribution is -0.159. The molecule has 0 heterocycles. The summed E-state index contributed by atoms with van der Waals surface area (Å²) in [5, 5.41) is 12.6. The zero-order valence-corrected chi connectivity index (χ0v) is 25.5. The van der Waals surface area contributed by atoms with E-state index in [2.05, 4.69) is 10.7 Å². The third kappa shape index (κ3) is 8.94. The molecule has 0 bridgehead atoms. The Kier molecular flexibility index (Phi) is 11.4. The Bertz CT molecular complexity index is 1810. The van der Waals surface area contributed by atoms with Gasteiger partial charge < -0.3 is 29.4 Å². The van der Waals surface area contributed by atoms with Crippen LogP contribution in [0, 0.1) is 0 Å². The number of hydrogen-bond acceptors (Lipinski definition) is 10. The summed E-state index contributed by atoms with van der Waals surface area (Å²) in [6, 6.07) is 25.3. The molecule has 0 unspecified atom stereocenters. The highest BCUT2D eigenvalue weighted by atomic mass is 16.6. The fraction of sp³-hybridized carbons (Fsp3) is 0.118. The number of carboxylic acid groups (broad SMARTS) is 1. The van der Waals surface area contributed by atoms with Gasteiger partial charge >= 0.3 is 17.9 Å². The number of nitrogens with one attached hydrogen (secondary N) is 3. The monoisotopic (exact) mass is 655 g/mol. The maximum atomic E-state index is 13.3. The van der Waals surface area contributed by atoms with Gasteiger partial charge in [0.25, 0.3) is 17.7 Å². The first-order valence-corrected chi connectivity index (χ1v) is 14.1. The minimum Gasteiger partial charge on any atom is -0.497 e. The Morgan fingerprint density at radius 1 is 0.562 bits per heavy atom. The van der Waals surface area contributed by atoms with Crippen LogP contribution in [0.2, 0.25) is 0 Å². The maximum Gasteiger partial charge on any atom is 0.349 e. The summed E-state index contributed by atoms with van der Waals surface area (Å²) in [5.41, 5.74) is 4.74. The van der Waals surface area contributed by atoms with Gasteiger partial charge in [0.2, 0.25) is 12.2 Å². The van der Waals surface area contributed by atoms with Crippen molar-refractivity contribution in [3.05, 3.63) is 125 Å². The van der Waals surface area contributed by atoms with Crippen LogP contribution in [-0.4, -0.2) is 67.2 Å². The second kappa shape index (κ2) is 16.0. The SMILES string of the molecule is COc1cccc(C(=O)O[C@H](C(=O)O)[C@H](OC(=O)c2cccc(OC)c2)C(=O)NNC(=O)c2ccc(NC(=O)c3ccccc3)cc2)c1. The molecule has 48 heavy (non-hydrogen) atoms. The minimum absolute atomic E-state index is 0.0390. The number of carboxylic acids is 1. The number of rotatable bonds is 12. The van der Waals surface area contributed by atoms with E-state index in [4.69, 9.17) is 18.9 Å². The average molecular weight is 656 g/mol. The Hall–Kier alpha value is -6.70. The van der Waals surface area contributed by atoms with Crippen molar-refractivity contribution in [1.29, 1.82) is 0 Å². The molecule has 0 aliphatic carbocycles. The third-order valence-electron chi connectivity index (χ3n) is 6.60. The van der Waals surface area contributed by atoms with Crippen molar-refractivity contribution in [3.63, 3.8) is 0 Å². The zero-order valence-electron chi connectivity index (χ0n) is 25.5. The van der Waals surface area contributed by atoms with Gasteiger partial charge in [0.05, 0.1) is 25.3 Å². The van der Waals surface area contributed by atoms with E-state index in [1.54, 1.807) is 30.3 Å². The highest BCUT2D eigenvalue weighted by Gasteiger charge is 2.41. The molecule has 2 atom stereocenters. The van der Waals surface area contributed by atoms with Crippen molar-refractivity contribution in [3.8, 4) is 11.5 Å². The lowest BCUT2D eigenvalue weighted by atomic mass is 10.1. The Morgan fingerprint density at radius 3 is 1.58 bits per heavy atom. The molecule has 4 aromatic rings. The summed E-state index contributed by atoms with van der Waals surface area (Å²) in [6.45, 7) is 0. The molecule has 0 aromatic heterocycles. The molecule has 3 amide bonds. The van der Waals surface area contributed by atoms with Crippen molar-refractivity contribution in [2.45, 2.75) is 12.2 Å². The lowest BCUT2D eigenvalue weighted by Gasteiger charge is -2.23. The third-order valence-corrected chi connectivity index (χ3v) is 6.60. The van der Waals surface area contributed by atoms with Crippen LogP contribution >= 0.6 is 0 Å². The fourth-order valence-electron chi connectivity index (χ4n) is 4.12. The van der Waals surface area contributed by atoms with Gasteiger partial charge in [0.15, 0.2) is 0 Å². The molecule has 14 nitrogen and oxygen atoms in total. The van der Waals surface area contributed by atoms with E-state index >= 15 is 0 Å². The van der Waals surface area contributed by atoms with Crippen LogP contribution in [-0.2, 0) is 19.1 Å². The number of methoxy groups -OCH3 is 2. The predicted molar refractivity (Wildman–Crippen MR) is 168 cm³/mol. The second-order valence-electron chi connectivity index (χ2n) is 9.79. The molecule has 0 saturated heterocycles.